The predicted octanol–water partition coefficient (Wildman–Crippen LogP) is 3.93. The number of aliphatic imine (C=N–C) groups is 1. The summed E-state index contributed by atoms with van der Waals surface area (Å²) in [6.07, 6.45) is 5.42. The summed E-state index contributed by atoms with van der Waals surface area (Å²) in [5, 5.41) is 0.741. The van der Waals surface area contributed by atoms with E-state index in [1.54, 1.807) is 33.9 Å². The van der Waals surface area contributed by atoms with Crippen LogP contribution in [0.1, 0.15) is 19.4 Å². The number of carbonyl (C=O) groups excluding carboxylic acids is 1. The highest BCUT2D eigenvalue weighted by atomic mass is 32.2. The van der Waals surface area contributed by atoms with Gasteiger partial charge in [0.1, 0.15) is 5.82 Å². The molecular weight excluding hydrogens is 325 g/mol. The van der Waals surface area contributed by atoms with Crippen LogP contribution in [-0.2, 0) is 4.79 Å². The lowest BCUT2D eigenvalue weighted by Gasteiger charge is -2.11. The topological polar surface area (TPSA) is 37.6 Å². The smallest absolute Gasteiger partial charge is 0.266 e. The van der Waals surface area contributed by atoms with Gasteiger partial charge in [-0.3, -0.25) is 14.7 Å². The first-order valence-electron chi connectivity index (χ1n) is 7.82. The van der Waals surface area contributed by atoms with E-state index in [-0.39, 0.29) is 11.7 Å². The summed E-state index contributed by atoms with van der Waals surface area (Å²) < 4.78 is 15.6. The van der Waals surface area contributed by atoms with Gasteiger partial charge in [-0.2, -0.15) is 0 Å². The molecule has 0 spiro atoms. The van der Waals surface area contributed by atoms with Gasteiger partial charge in [0.05, 0.1) is 10.6 Å². The zero-order chi connectivity index (χ0) is 17.1. The van der Waals surface area contributed by atoms with Crippen molar-refractivity contribution in [2.75, 3.05) is 13.1 Å². The molecule has 3 rings (SSSR count). The minimum atomic E-state index is -0.284. The van der Waals surface area contributed by atoms with E-state index in [1.807, 2.05) is 32.2 Å². The zero-order valence-electron chi connectivity index (χ0n) is 13.6. The van der Waals surface area contributed by atoms with Gasteiger partial charge in [-0.05, 0) is 55.4 Å². The van der Waals surface area contributed by atoms with E-state index in [0.717, 1.165) is 10.7 Å². The third-order valence-electron chi connectivity index (χ3n) is 3.64. The fourth-order valence-electron chi connectivity index (χ4n) is 2.50. The third-order valence-corrected chi connectivity index (χ3v) is 4.69. The van der Waals surface area contributed by atoms with Gasteiger partial charge in [0.15, 0.2) is 5.17 Å². The summed E-state index contributed by atoms with van der Waals surface area (Å²) in [7, 11) is 0. The lowest BCUT2D eigenvalue weighted by molar-refractivity contribution is -0.122. The molecule has 0 N–H and O–H groups in total. The lowest BCUT2D eigenvalue weighted by Crippen LogP contribution is -2.28. The van der Waals surface area contributed by atoms with Crippen molar-refractivity contribution in [3.8, 4) is 5.69 Å². The SMILES string of the molecule is CCN=C1S/C(=C\c2ccn(-c3ccccc3F)c2)C(=O)N1CC. The summed E-state index contributed by atoms with van der Waals surface area (Å²) >= 11 is 1.38. The van der Waals surface area contributed by atoms with Gasteiger partial charge in [0, 0.05) is 25.5 Å². The highest BCUT2D eigenvalue weighted by Crippen LogP contribution is 2.32. The van der Waals surface area contributed by atoms with Crippen molar-refractivity contribution in [2.24, 2.45) is 4.99 Å². The molecule has 2 aromatic rings. The van der Waals surface area contributed by atoms with E-state index in [1.165, 1.54) is 17.8 Å². The van der Waals surface area contributed by atoms with Crippen molar-refractivity contribution >= 4 is 28.9 Å². The maximum absolute atomic E-state index is 13.9. The largest absolute Gasteiger partial charge is 0.321 e. The van der Waals surface area contributed by atoms with Gasteiger partial charge in [0.2, 0.25) is 0 Å². The number of hydrogen-bond donors (Lipinski definition) is 0. The Bertz CT molecular complexity index is 825. The van der Waals surface area contributed by atoms with Crippen LogP contribution >= 0.6 is 11.8 Å². The maximum Gasteiger partial charge on any atom is 0.266 e. The van der Waals surface area contributed by atoms with Crippen LogP contribution in [0.3, 0.4) is 0 Å². The number of nitrogens with zero attached hydrogens (tertiary/aromatic N) is 3. The minimum Gasteiger partial charge on any atom is -0.321 e. The molecule has 0 radical (unpaired) electrons. The van der Waals surface area contributed by atoms with Gasteiger partial charge in [-0.1, -0.05) is 12.1 Å². The molecule has 1 amide bonds. The van der Waals surface area contributed by atoms with Crippen molar-refractivity contribution in [3.63, 3.8) is 0 Å². The standard InChI is InChI=1S/C18H18FN3OS/c1-3-20-18-22(4-2)17(23)16(24-18)11-13-9-10-21(12-13)15-8-6-5-7-14(15)19/h5-12H,3-4H2,1-2H3/b16-11-,20-18?. The maximum atomic E-state index is 13.9. The number of likely N-dealkylation sites (N-methyl/N-ethyl adjacent to an activating group) is 1. The van der Waals surface area contributed by atoms with Crippen molar-refractivity contribution in [2.45, 2.75) is 13.8 Å². The van der Waals surface area contributed by atoms with Crippen molar-refractivity contribution in [3.05, 3.63) is 59.0 Å². The zero-order valence-corrected chi connectivity index (χ0v) is 14.4. The molecule has 1 aliphatic rings. The first-order chi connectivity index (χ1) is 11.6. The van der Waals surface area contributed by atoms with Gasteiger partial charge in [0.25, 0.3) is 5.91 Å². The van der Waals surface area contributed by atoms with Gasteiger partial charge < -0.3 is 4.57 Å². The van der Waals surface area contributed by atoms with Crippen LogP contribution in [0.2, 0.25) is 0 Å². The Labute approximate surface area is 144 Å². The quantitative estimate of drug-likeness (QED) is 0.789. The first-order valence-corrected chi connectivity index (χ1v) is 8.64. The summed E-state index contributed by atoms with van der Waals surface area (Å²) in [4.78, 5) is 19.1. The van der Waals surface area contributed by atoms with Gasteiger partial charge in [-0.25, -0.2) is 4.39 Å². The van der Waals surface area contributed by atoms with Crippen LogP contribution in [0.15, 0.2) is 52.6 Å². The Hall–Kier alpha value is -2.34. The molecule has 1 fully saturated rings. The van der Waals surface area contributed by atoms with E-state index in [2.05, 4.69) is 4.99 Å². The van der Waals surface area contributed by atoms with Crippen molar-refractivity contribution in [1.29, 1.82) is 0 Å². The highest BCUT2D eigenvalue weighted by Gasteiger charge is 2.31. The monoisotopic (exact) mass is 343 g/mol. The number of rotatable bonds is 4. The van der Waals surface area contributed by atoms with Crippen LogP contribution in [0.25, 0.3) is 11.8 Å². The fourth-order valence-corrected chi connectivity index (χ4v) is 3.61. The molecule has 0 saturated carbocycles. The number of carbonyl (C=O) groups is 1. The second kappa shape index (κ2) is 7.05. The normalized spacial score (nSPS) is 18.1. The minimum absolute atomic E-state index is 0.0339. The Morgan fingerprint density at radius 3 is 2.75 bits per heavy atom. The van der Waals surface area contributed by atoms with Crippen LogP contribution < -0.4 is 0 Å². The molecule has 6 heteroatoms. The highest BCUT2D eigenvalue weighted by molar-refractivity contribution is 8.18. The molecule has 0 atom stereocenters. The first kappa shape index (κ1) is 16.5. The third kappa shape index (κ3) is 3.14. The number of amidine groups is 1. The van der Waals surface area contributed by atoms with Crippen LogP contribution in [0, 0.1) is 5.82 Å². The Morgan fingerprint density at radius 1 is 1.25 bits per heavy atom. The van der Waals surface area contributed by atoms with Crippen LogP contribution in [0.4, 0.5) is 4.39 Å². The predicted molar refractivity (Wildman–Crippen MR) is 96.7 cm³/mol. The van der Waals surface area contributed by atoms with Gasteiger partial charge >= 0.3 is 0 Å². The molecule has 2 heterocycles. The second-order valence-corrected chi connectivity index (χ2v) is 6.23. The molecule has 1 aliphatic heterocycles. The molecule has 1 aromatic carbocycles. The number of halogens is 1. The Morgan fingerprint density at radius 2 is 2.04 bits per heavy atom. The van der Waals surface area contributed by atoms with Crippen molar-refractivity contribution in [1.82, 2.24) is 9.47 Å². The number of hydrogen-bond acceptors (Lipinski definition) is 3. The second-order valence-electron chi connectivity index (χ2n) is 5.22. The molecule has 0 bridgehead atoms. The average Bonchev–Trinajstić information content (AvgIpc) is 3.14. The van der Waals surface area contributed by atoms with Crippen molar-refractivity contribution < 1.29 is 9.18 Å². The van der Waals surface area contributed by atoms with E-state index >= 15 is 0 Å². The molecule has 4 nitrogen and oxygen atoms in total. The fraction of sp³-hybridized carbons (Fsp3) is 0.222. The molecular formula is C18H18FN3OS. The average molecular weight is 343 g/mol. The van der Waals surface area contributed by atoms with Gasteiger partial charge in [-0.15, -0.1) is 0 Å². The lowest BCUT2D eigenvalue weighted by atomic mass is 10.3. The molecule has 1 aromatic heterocycles. The summed E-state index contributed by atoms with van der Waals surface area (Å²) in [6.45, 7) is 5.12. The number of thioether (sulfide) groups is 1. The van der Waals surface area contributed by atoms with E-state index < -0.39 is 0 Å². The van der Waals surface area contributed by atoms with E-state index in [0.29, 0.717) is 23.7 Å². The summed E-state index contributed by atoms with van der Waals surface area (Å²) in [5.41, 5.74) is 1.33. The van der Waals surface area contributed by atoms with E-state index in [4.69, 9.17) is 0 Å². The van der Waals surface area contributed by atoms with Crippen LogP contribution in [-0.4, -0.2) is 33.6 Å². The molecule has 124 valence electrons. The number of amides is 1. The number of benzene rings is 1. The number of para-hydroxylation sites is 1. The summed E-state index contributed by atoms with van der Waals surface area (Å²) in [5.74, 6) is -0.318. The number of aromatic nitrogens is 1. The molecule has 24 heavy (non-hydrogen) atoms. The molecule has 0 aliphatic carbocycles. The van der Waals surface area contributed by atoms with Crippen LogP contribution in [0.5, 0.6) is 0 Å². The van der Waals surface area contributed by atoms with E-state index in [9.17, 15) is 9.18 Å². The molecule has 1 saturated heterocycles. The Kier molecular flexibility index (Phi) is 4.85. The molecule has 0 unspecified atom stereocenters. The Balaban J connectivity index is 1.89. The summed E-state index contributed by atoms with van der Waals surface area (Å²) in [6, 6.07) is 8.45.